The summed E-state index contributed by atoms with van der Waals surface area (Å²) in [6.45, 7) is 0.454. The van der Waals surface area contributed by atoms with Crippen molar-refractivity contribution in [2.45, 2.75) is 11.3 Å². The van der Waals surface area contributed by atoms with Crippen molar-refractivity contribution in [1.82, 2.24) is 19.7 Å². The van der Waals surface area contributed by atoms with Gasteiger partial charge in [0, 0.05) is 26.4 Å². The Morgan fingerprint density at radius 1 is 1.16 bits per heavy atom. The van der Waals surface area contributed by atoms with Gasteiger partial charge in [0.15, 0.2) is 11.6 Å². The topological polar surface area (TPSA) is 122 Å². The Balaban J connectivity index is 1.99. The number of aliphatic hydroxyl groups excluding tert-OH is 1. The zero-order valence-electron chi connectivity index (χ0n) is 13.5. The second-order valence-corrected chi connectivity index (χ2v) is 7.05. The molecule has 2 heterocycles. The van der Waals surface area contributed by atoms with Crippen molar-refractivity contribution >= 4 is 32.7 Å². The lowest BCUT2D eigenvalue weighted by Crippen LogP contribution is -2.17. The van der Waals surface area contributed by atoms with Crippen LogP contribution in [0, 0.1) is 0 Å². The summed E-state index contributed by atoms with van der Waals surface area (Å²) in [6.07, 6.45) is 3.16. The van der Waals surface area contributed by atoms with Crippen molar-refractivity contribution in [3.8, 4) is 0 Å². The second kappa shape index (κ2) is 7.03. The molecule has 9 nitrogen and oxygen atoms in total. The molecule has 1 aromatic carbocycles. The summed E-state index contributed by atoms with van der Waals surface area (Å²) >= 11 is 0. The van der Waals surface area contributed by atoms with Crippen LogP contribution in [0.3, 0.4) is 0 Å². The van der Waals surface area contributed by atoms with Crippen molar-refractivity contribution in [2.24, 2.45) is 7.05 Å². The summed E-state index contributed by atoms with van der Waals surface area (Å²) in [5, 5.41) is 15.8. The molecule has 0 aliphatic rings. The Kier molecular flexibility index (Phi) is 4.81. The van der Waals surface area contributed by atoms with Crippen LogP contribution < -0.4 is 10.0 Å². The summed E-state index contributed by atoms with van der Waals surface area (Å²) in [4.78, 5) is 8.83. The van der Waals surface area contributed by atoms with Crippen LogP contribution in [0.4, 0.5) is 11.6 Å². The van der Waals surface area contributed by atoms with E-state index in [1.165, 1.54) is 17.1 Å². The Morgan fingerprint density at radius 3 is 2.44 bits per heavy atom. The molecule has 0 saturated carbocycles. The molecule has 0 spiro atoms. The van der Waals surface area contributed by atoms with Gasteiger partial charge in [-0.3, -0.25) is 9.40 Å². The SMILES string of the molecule is Cn1cc(S(=O)(=O)Nc2nc3ccccc3nc2NCCCO)cn1. The zero-order valence-corrected chi connectivity index (χ0v) is 14.4. The highest BCUT2D eigenvalue weighted by Crippen LogP contribution is 2.24. The number of hydrogen-bond donors (Lipinski definition) is 3. The molecule has 0 bridgehead atoms. The molecule has 0 fully saturated rings. The number of para-hydroxylation sites is 2. The highest BCUT2D eigenvalue weighted by atomic mass is 32.2. The minimum Gasteiger partial charge on any atom is -0.396 e. The molecule has 2 aromatic heterocycles. The van der Waals surface area contributed by atoms with Crippen LogP contribution in [-0.4, -0.2) is 46.4 Å². The van der Waals surface area contributed by atoms with E-state index in [1.54, 1.807) is 25.2 Å². The zero-order chi connectivity index (χ0) is 17.9. The van der Waals surface area contributed by atoms with Crippen molar-refractivity contribution in [1.29, 1.82) is 0 Å². The lowest BCUT2D eigenvalue weighted by molar-refractivity contribution is 0.292. The first kappa shape index (κ1) is 17.1. The first-order valence-electron chi connectivity index (χ1n) is 7.62. The van der Waals surface area contributed by atoms with Crippen molar-refractivity contribution in [2.75, 3.05) is 23.2 Å². The van der Waals surface area contributed by atoms with E-state index in [0.717, 1.165) is 0 Å². The molecule has 3 rings (SSSR count). The molecule has 0 aliphatic carbocycles. The fourth-order valence-electron chi connectivity index (χ4n) is 2.20. The van der Waals surface area contributed by atoms with Crippen LogP contribution >= 0.6 is 0 Å². The number of aliphatic hydroxyl groups is 1. The van der Waals surface area contributed by atoms with Gasteiger partial charge in [-0.1, -0.05) is 12.1 Å². The minimum absolute atomic E-state index is 0.0186. The molecular formula is C15H18N6O3S. The third-order valence-electron chi connectivity index (χ3n) is 3.42. The largest absolute Gasteiger partial charge is 0.396 e. The van der Waals surface area contributed by atoms with E-state index < -0.39 is 10.0 Å². The Hall–Kier alpha value is -2.72. The van der Waals surface area contributed by atoms with E-state index in [4.69, 9.17) is 5.11 Å². The van der Waals surface area contributed by atoms with Gasteiger partial charge in [-0.2, -0.15) is 5.10 Å². The summed E-state index contributed by atoms with van der Waals surface area (Å²) < 4.78 is 28.9. The number of rotatable bonds is 7. The third-order valence-corrected chi connectivity index (χ3v) is 4.71. The van der Waals surface area contributed by atoms with E-state index in [2.05, 4.69) is 25.1 Å². The van der Waals surface area contributed by atoms with Gasteiger partial charge >= 0.3 is 0 Å². The number of aromatic nitrogens is 4. The standard InChI is InChI=1S/C15H18N6O3S/c1-21-10-11(9-17-21)25(23,24)20-15-14(16-7-4-8-22)18-12-5-2-3-6-13(12)19-15/h2-3,5-6,9-10,22H,4,7-8H2,1H3,(H,16,18)(H,19,20). The average Bonchev–Trinajstić information content (AvgIpc) is 3.02. The third kappa shape index (κ3) is 3.86. The van der Waals surface area contributed by atoms with Crippen molar-refractivity contribution in [3.05, 3.63) is 36.7 Å². The van der Waals surface area contributed by atoms with Gasteiger partial charge in [0.2, 0.25) is 0 Å². The van der Waals surface area contributed by atoms with Crippen LogP contribution in [0.2, 0.25) is 0 Å². The molecule has 0 saturated heterocycles. The molecule has 0 radical (unpaired) electrons. The lowest BCUT2D eigenvalue weighted by Gasteiger charge is -2.12. The van der Waals surface area contributed by atoms with E-state index in [0.29, 0.717) is 29.8 Å². The number of nitrogens with one attached hydrogen (secondary N) is 2. The highest BCUT2D eigenvalue weighted by molar-refractivity contribution is 7.92. The number of fused-ring (bicyclic) bond motifs is 1. The van der Waals surface area contributed by atoms with Crippen LogP contribution in [0.1, 0.15) is 6.42 Å². The van der Waals surface area contributed by atoms with Gasteiger partial charge in [0.05, 0.1) is 17.2 Å². The van der Waals surface area contributed by atoms with E-state index >= 15 is 0 Å². The summed E-state index contributed by atoms with van der Waals surface area (Å²) in [5.41, 5.74) is 1.21. The molecular weight excluding hydrogens is 344 g/mol. The molecule has 3 N–H and O–H groups in total. The number of sulfonamides is 1. The van der Waals surface area contributed by atoms with E-state index in [9.17, 15) is 8.42 Å². The fourth-order valence-corrected chi connectivity index (χ4v) is 3.20. The summed E-state index contributed by atoms with van der Waals surface area (Å²) in [7, 11) is -2.20. The van der Waals surface area contributed by atoms with Gasteiger partial charge in [-0.15, -0.1) is 0 Å². The molecule has 0 atom stereocenters. The highest BCUT2D eigenvalue weighted by Gasteiger charge is 2.20. The Bertz CT molecular complexity index is 986. The number of anilines is 2. The van der Waals surface area contributed by atoms with Crippen LogP contribution in [0.5, 0.6) is 0 Å². The summed E-state index contributed by atoms with van der Waals surface area (Å²) in [5.74, 6) is 0.403. The van der Waals surface area contributed by atoms with Gasteiger partial charge < -0.3 is 10.4 Å². The molecule has 132 valence electrons. The van der Waals surface area contributed by atoms with Gasteiger partial charge in [-0.25, -0.2) is 18.4 Å². The maximum Gasteiger partial charge on any atom is 0.266 e. The number of aryl methyl sites for hydroxylation is 1. The van der Waals surface area contributed by atoms with Crippen molar-refractivity contribution in [3.63, 3.8) is 0 Å². The van der Waals surface area contributed by atoms with Crippen molar-refractivity contribution < 1.29 is 13.5 Å². The lowest BCUT2D eigenvalue weighted by atomic mass is 10.3. The summed E-state index contributed by atoms with van der Waals surface area (Å²) in [6, 6.07) is 7.17. The number of nitrogens with zero attached hydrogens (tertiary/aromatic N) is 4. The smallest absolute Gasteiger partial charge is 0.266 e. The Morgan fingerprint density at radius 2 is 1.84 bits per heavy atom. The minimum atomic E-state index is -3.84. The predicted molar refractivity (Wildman–Crippen MR) is 93.7 cm³/mol. The van der Waals surface area contributed by atoms with E-state index in [1.807, 2.05) is 6.07 Å². The molecule has 0 unspecified atom stereocenters. The molecule has 3 aromatic rings. The second-order valence-electron chi connectivity index (χ2n) is 5.37. The van der Waals surface area contributed by atoms with E-state index in [-0.39, 0.29) is 17.3 Å². The first-order chi connectivity index (χ1) is 12.0. The first-order valence-corrected chi connectivity index (χ1v) is 9.11. The molecule has 0 amide bonds. The quantitative estimate of drug-likeness (QED) is 0.535. The molecule has 0 aliphatic heterocycles. The maximum atomic E-state index is 12.5. The van der Waals surface area contributed by atoms with Gasteiger partial charge in [-0.05, 0) is 18.6 Å². The van der Waals surface area contributed by atoms with Crippen LogP contribution in [-0.2, 0) is 17.1 Å². The fraction of sp³-hybridized carbons (Fsp3) is 0.267. The predicted octanol–water partition coefficient (Wildman–Crippen LogP) is 0.958. The molecule has 10 heteroatoms. The average molecular weight is 362 g/mol. The van der Waals surface area contributed by atoms with Crippen LogP contribution in [0.25, 0.3) is 11.0 Å². The number of benzene rings is 1. The van der Waals surface area contributed by atoms with Crippen LogP contribution in [0.15, 0.2) is 41.6 Å². The monoisotopic (exact) mass is 362 g/mol. The van der Waals surface area contributed by atoms with Gasteiger partial charge in [0.1, 0.15) is 4.90 Å². The maximum absolute atomic E-state index is 12.5. The Labute approximate surface area is 144 Å². The normalized spacial score (nSPS) is 11.6. The number of hydrogen-bond acceptors (Lipinski definition) is 7. The van der Waals surface area contributed by atoms with Gasteiger partial charge in [0.25, 0.3) is 10.0 Å². The molecule has 25 heavy (non-hydrogen) atoms.